The Kier molecular flexibility index (Phi) is 1.62. The molecule has 2 aliphatic rings. The van der Waals surface area contributed by atoms with Crippen molar-refractivity contribution in [2.75, 3.05) is 5.32 Å². The van der Waals surface area contributed by atoms with Gasteiger partial charge in [-0.1, -0.05) is 15.9 Å². The molecule has 0 saturated carbocycles. The summed E-state index contributed by atoms with van der Waals surface area (Å²) in [6.07, 6.45) is 2.74. The van der Waals surface area contributed by atoms with Gasteiger partial charge in [-0.05, 0) is 18.2 Å². The summed E-state index contributed by atoms with van der Waals surface area (Å²) in [5, 5.41) is 2.71. The zero-order chi connectivity index (χ0) is 10.5. The average molecular weight is 268 g/mol. The van der Waals surface area contributed by atoms with Crippen molar-refractivity contribution < 1.29 is 14.3 Å². The molecule has 0 fully saturated rings. The third kappa shape index (κ3) is 1.04. The predicted molar refractivity (Wildman–Crippen MR) is 55.8 cm³/mol. The molecule has 0 saturated heterocycles. The standard InChI is InChI=1S/C10H6BrNO3/c11-6-1-2-8-7(5-6)10(9(13)12-8)14-3-4-15-10/h1-5H,(H,12,13). The Morgan fingerprint density at radius 1 is 1.27 bits per heavy atom. The van der Waals surface area contributed by atoms with Gasteiger partial charge in [0.05, 0.1) is 11.3 Å². The first-order chi connectivity index (χ1) is 7.22. The molecular formula is C10H6BrNO3. The maximum absolute atomic E-state index is 11.8. The second-order valence-electron chi connectivity index (χ2n) is 3.27. The normalized spacial score (nSPS) is 19.7. The number of carbonyl (C=O) groups excluding carboxylic acids is 1. The Hall–Kier alpha value is -1.49. The number of anilines is 1. The van der Waals surface area contributed by atoms with E-state index in [4.69, 9.17) is 9.47 Å². The number of carbonyl (C=O) groups is 1. The van der Waals surface area contributed by atoms with Crippen molar-refractivity contribution in [3.8, 4) is 0 Å². The SMILES string of the molecule is O=C1Nc2ccc(Br)cc2C12OC=CO2. The summed E-state index contributed by atoms with van der Waals surface area (Å²) in [4.78, 5) is 11.8. The van der Waals surface area contributed by atoms with Gasteiger partial charge in [-0.15, -0.1) is 0 Å². The van der Waals surface area contributed by atoms with E-state index in [2.05, 4.69) is 21.2 Å². The summed E-state index contributed by atoms with van der Waals surface area (Å²) >= 11 is 3.34. The molecule has 76 valence electrons. The number of benzene rings is 1. The van der Waals surface area contributed by atoms with Crippen LogP contribution in [0.15, 0.2) is 35.2 Å². The highest BCUT2D eigenvalue weighted by Gasteiger charge is 2.53. The molecule has 2 aliphatic heterocycles. The molecule has 0 bridgehead atoms. The van der Waals surface area contributed by atoms with Crippen LogP contribution in [-0.2, 0) is 20.1 Å². The van der Waals surface area contributed by atoms with E-state index in [9.17, 15) is 4.79 Å². The second-order valence-corrected chi connectivity index (χ2v) is 4.18. The van der Waals surface area contributed by atoms with E-state index < -0.39 is 5.79 Å². The van der Waals surface area contributed by atoms with Crippen molar-refractivity contribution in [2.45, 2.75) is 5.79 Å². The summed E-state index contributed by atoms with van der Waals surface area (Å²) in [7, 11) is 0. The van der Waals surface area contributed by atoms with Gasteiger partial charge in [0.15, 0.2) is 0 Å². The van der Waals surface area contributed by atoms with Crippen LogP contribution in [-0.4, -0.2) is 5.91 Å². The second kappa shape index (κ2) is 2.76. The third-order valence-corrected chi connectivity index (χ3v) is 2.90. The van der Waals surface area contributed by atoms with Gasteiger partial charge in [0.1, 0.15) is 12.5 Å². The molecule has 1 spiro atoms. The number of halogens is 1. The number of hydrogen-bond donors (Lipinski definition) is 1. The minimum absolute atomic E-state index is 0.305. The van der Waals surface area contributed by atoms with E-state index in [-0.39, 0.29) is 5.91 Å². The molecule has 0 aromatic heterocycles. The largest absolute Gasteiger partial charge is 0.445 e. The molecule has 5 heteroatoms. The molecule has 0 atom stereocenters. The van der Waals surface area contributed by atoms with Gasteiger partial charge in [0, 0.05) is 4.47 Å². The minimum Gasteiger partial charge on any atom is -0.445 e. The molecule has 2 heterocycles. The fraction of sp³-hybridized carbons (Fsp3) is 0.100. The average Bonchev–Trinajstić information content (AvgIpc) is 2.78. The number of amides is 1. The first kappa shape index (κ1) is 8.79. The lowest BCUT2D eigenvalue weighted by atomic mass is 10.1. The highest BCUT2D eigenvalue weighted by Crippen LogP contribution is 2.43. The predicted octanol–water partition coefficient (Wildman–Crippen LogP) is 2.07. The number of hydrogen-bond acceptors (Lipinski definition) is 3. The number of nitrogens with one attached hydrogen (secondary N) is 1. The van der Waals surface area contributed by atoms with Crippen LogP contribution in [0.4, 0.5) is 5.69 Å². The van der Waals surface area contributed by atoms with Crippen molar-refractivity contribution in [1.29, 1.82) is 0 Å². The molecule has 15 heavy (non-hydrogen) atoms. The summed E-state index contributed by atoms with van der Waals surface area (Å²) in [6.45, 7) is 0. The van der Waals surface area contributed by atoms with Crippen molar-refractivity contribution in [3.05, 3.63) is 40.8 Å². The number of fused-ring (bicyclic) bond motifs is 2. The maximum Gasteiger partial charge on any atom is 0.361 e. The maximum atomic E-state index is 11.8. The van der Waals surface area contributed by atoms with Gasteiger partial charge in [-0.25, -0.2) is 0 Å². The van der Waals surface area contributed by atoms with E-state index in [0.717, 1.165) is 4.47 Å². The van der Waals surface area contributed by atoms with Crippen molar-refractivity contribution in [1.82, 2.24) is 0 Å². The lowest BCUT2D eigenvalue weighted by Crippen LogP contribution is -2.35. The molecule has 4 nitrogen and oxygen atoms in total. The van der Waals surface area contributed by atoms with Crippen LogP contribution in [0.3, 0.4) is 0 Å². The monoisotopic (exact) mass is 267 g/mol. The van der Waals surface area contributed by atoms with Crippen LogP contribution in [0, 0.1) is 0 Å². The fourth-order valence-corrected chi connectivity index (χ4v) is 2.09. The topological polar surface area (TPSA) is 47.6 Å². The molecule has 3 rings (SSSR count). The summed E-state index contributed by atoms with van der Waals surface area (Å²) in [5.74, 6) is -1.63. The molecule has 0 aliphatic carbocycles. The highest BCUT2D eigenvalue weighted by atomic mass is 79.9. The van der Waals surface area contributed by atoms with Crippen LogP contribution in [0.5, 0.6) is 0 Å². The Labute approximate surface area is 94.0 Å². The van der Waals surface area contributed by atoms with E-state index in [1.54, 1.807) is 12.1 Å². The zero-order valence-corrected chi connectivity index (χ0v) is 9.08. The Bertz CT molecular complexity index is 476. The van der Waals surface area contributed by atoms with Gasteiger partial charge in [0.25, 0.3) is 0 Å². The number of rotatable bonds is 0. The minimum atomic E-state index is -1.32. The molecule has 1 aromatic rings. The lowest BCUT2D eigenvalue weighted by Gasteiger charge is -2.19. The first-order valence-electron chi connectivity index (χ1n) is 4.34. The molecule has 0 radical (unpaired) electrons. The van der Waals surface area contributed by atoms with Crippen molar-refractivity contribution >= 4 is 27.5 Å². The van der Waals surface area contributed by atoms with Gasteiger partial charge >= 0.3 is 11.7 Å². The third-order valence-electron chi connectivity index (χ3n) is 2.41. The van der Waals surface area contributed by atoms with Crippen LogP contribution >= 0.6 is 15.9 Å². The van der Waals surface area contributed by atoms with Crippen LogP contribution in [0.25, 0.3) is 0 Å². The van der Waals surface area contributed by atoms with Gasteiger partial charge in [0.2, 0.25) is 0 Å². The first-order valence-corrected chi connectivity index (χ1v) is 5.14. The van der Waals surface area contributed by atoms with E-state index in [0.29, 0.717) is 11.3 Å². The van der Waals surface area contributed by atoms with E-state index in [1.165, 1.54) is 12.5 Å². The Morgan fingerprint density at radius 3 is 2.73 bits per heavy atom. The van der Waals surface area contributed by atoms with E-state index in [1.807, 2.05) is 6.07 Å². The summed E-state index contributed by atoms with van der Waals surface area (Å²) in [5.41, 5.74) is 1.40. The quantitative estimate of drug-likeness (QED) is 0.783. The molecular weight excluding hydrogens is 262 g/mol. The molecule has 1 aromatic carbocycles. The van der Waals surface area contributed by atoms with Crippen molar-refractivity contribution in [3.63, 3.8) is 0 Å². The molecule has 1 amide bonds. The Balaban J connectivity index is 2.20. The number of ether oxygens (including phenoxy) is 2. The smallest absolute Gasteiger partial charge is 0.361 e. The fourth-order valence-electron chi connectivity index (χ4n) is 1.73. The zero-order valence-electron chi connectivity index (χ0n) is 7.49. The molecule has 1 N–H and O–H groups in total. The van der Waals surface area contributed by atoms with Crippen LogP contribution in [0.2, 0.25) is 0 Å². The van der Waals surface area contributed by atoms with Crippen molar-refractivity contribution in [2.24, 2.45) is 0 Å². The summed E-state index contributed by atoms with van der Waals surface area (Å²) in [6, 6.07) is 5.46. The lowest BCUT2D eigenvalue weighted by molar-refractivity contribution is -0.171. The van der Waals surface area contributed by atoms with Gasteiger partial charge < -0.3 is 14.8 Å². The van der Waals surface area contributed by atoms with E-state index >= 15 is 0 Å². The van der Waals surface area contributed by atoms with Gasteiger partial charge in [-0.3, -0.25) is 4.79 Å². The summed E-state index contributed by atoms with van der Waals surface area (Å²) < 4.78 is 11.4. The van der Waals surface area contributed by atoms with Crippen LogP contribution in [0.1, 0.15) is 5.56 Å². The van der Waals surface area contributed by atoms with Gasteiger partial charge in [-0.2, -0.15) is 0 Å². The molecule has 0 unspecified atom stereocenters. The highest BCUT2D eigenvalue weighted by molar-refractivity contribution is 9.10. The van der Waals surface area contributed by atoms with Crippen LogP contribution < -0.4 is 5.32 Å². The Morgan fingerprint density at radius 2 is 2.00 bits per heavy atom.